The van der Waals surface area contributed by atoms with Gasteiger partial charge in [0.2, 0.25) is 0 Å². The van der Waals surface area contributed by atoms with Crippen molar-refractivity contribution in [3.8, 4) is 0 Å². The number of halogens is 1. The summed E-state index contributed by atoms with van der Waals surface area (Å²) < 4.78 is 13.6. The van der Waals surface area contributed by atoms with E-state index in [9.17, 15) is 9.18 Å². The standard InChI is InChI=1S/C20H19FN4O/c1-14-5-4-7-16(13-14)20(26)23-19-10-9-18(24-25-19)22-12-11-15-6-2-3-8-17(15)21/h2-10,13H,11-12H2,1H3,(H,22,24)(H,23,25,26). The van der Waals surface area contributed by atoms with Gasteiger partial charge in [-0.3, -0.25) is 4.79 Å². The minimum atomic E-state index is -0.233. The summed E-state index contributed by atoms with van der Waals surface area (Å²) >= 11 is 0. The van der Waals surface area contributed by atoms with Crippen LogP contribution in [0.4, 0.5) is 16.0 Å². The van der Waals surface area contributed by atoms with E-state index in [1.54, 1.807) is 36.4 Å². The van der Waals surface area contributed by atoms with Crippen molar-refractivity contribution in [2.24, 2.45) is 0 Å². The first-order valence-electron chi connectivity index (χ1n) is 8.31. The Bertz CT molecular complexity index is 896. The van der Waals surface area contributed by atoms with Crippen molar-refractivity contribution < 1.29 is 9.18 Å². The zero-order valence-corrected chi connectivity index (χ0v) is 14.4. The van der Waals surface area contributed by atoms with Crippen LogP contribution in [0, 0.1) is 12.7 Å². The topological polar surface area (TPSA) is 66.9 Å². The Morgan fingerprint density at radius 3 is 2.50 bits per heavy atom. The predicted molar refractivity (Wildman–Crippen MR) is 99.8 cm³/mol. The third-order valence-electron chi connectivity index (χ3n) is 3.84. The summed E-state index contributed by atoms with van der Waals surface area (Å²) in [7, 11) is 0. The molecule has 0 saturated heterocycles. The molecule has 0 aliphatic rings. The Morgan fingerprint density at radius 1 is 1.00 bits per heavy atom. The maximum Gasteiger partial charge on any atom is 0.256 e. The molecule has 6 heteroatoms. The van der Waals surface area contributed by atoms with Gasteiger partial charge >= 0.3 is 0 Å². The number of anilines is 2. The zero-order chi connectivity index (χ0) is 18.4. The lowest BCUT2D eigenvalue weighted by Gasteiger charge is -2.07. The Labute approximate surface area is 151 Å². The van der Waals surface area contributed by atoms with Crippen LogP contribution >= 0.6 is 0 Å². The first-order chi connectivity index (χ1) is 12.6. The summed E-state index contributed by atoms with van der Waals surface area (Å²) in [6.07, 6.45) is 0.542. The highest BCUT2D eigenvalue weighted by Crippen LogP contribution is 2.11. The fourth-order valence-electron chi connectivity index (χ4n) is 2.49. The van der Waals surface area contributed by atoms with E-state index in [0.29, 0.717) is 35.7 Å². The van der Waals surface area contributed by atoms with Gasteiger partial charge < -0.3 is 10.6 Å². The van der Waals surface area contributed by atoms with E-state index in [2.05, 4.69) is 20.8 Å². The van der Waals surface area contributed by atoms with Gasteiger partial charge in [-0.2, -0.15) is 0 Å². The van der Waals surface area contributed by atoms with Crippen LogP contribution < -0.4 is 10.6 Å². The maximum atomic E-state index is 13.6. The number of nitrogens with one attached hydrogen (secondary N) is 2. The minimum Gasteiger partial charge on any atom is -0.368 e. The number of nitrogens with zero attached hydrogens (tertiary/aromatic N) is 2. The number of hydrogen-bond acceptors (Lipinski definition) is 4. The molecule has 3 aromatic rings. The van der Waals surface area contributed by atoms with Crippen molar-refractivity contribution in [2.45, 2.75) is 13.3 Å². The van der Waals surface area contributed by atoms with E-state index in [-0.39, 0.29) is 11.7 Å². The normalized spacial score (nSPS) is 10.4. The van der Waals surface area contributed by atoms with Gasteiger partial charge in [-0.25, -0.2) is 4.39 Å². The Balaban J connectivity index is 1.53. The molecule has 0 radical (unpaired) electrons. The molecule has 0 fully saturated rings. The summed E-state index contributed by atoms with van der Waals surface area (Å²) in [5.41, 5.74) is 2.23. The van der Waals surface area contributed by atoms with Crippen LogP contribution in [-0.4, -0.2) is 22.6 Å². The first-order valence-corrected chi connectivity index (χ1v) is 8.31. The van der Waals surface area contributed by atoms with Gasteiger partial charge in [0, 0.05) is 12.1 Å². The van der Waals surface area contributed by atoms with Gasteiger partial charge in [0.15, 0.2) is 5.82 Å². The van der Waals surface area contributed by atoms with Crippen LogP contribution in [0.2, 0.25) is 0 Å². The largest absolute Gasteiger partial charge is 0.368 e. The minimum absolute atomic E-state index is 0.213. The van der Waals surface area contributed by atoms with Crippen LogP contribution in [-0.2, 0) is 6.42 Å². The van der Waals surface area contributed by atoms with Crippen LogP contribution in [0.25, 0.3) is 0 Å². The molecule has 0 atom stereocenters. The smallest absolute Gasteiger partial charge is 0.256 e. The van der Waals surface area contributed by atoms with E-state index in [4.69, 9.17) is 0 Å². The Morgan fingerprint density at radius 2 is 1.77 bits per heavy atom. The molecule has 0 spiro atoms. The van der Waals surface area contributed by atoms with Gasteiger partial charge in [-0.1, -0.05) is 35.9 Å². The molecular formula is C20H19FN4O. The number of aromatic nitrogens is 2. The number of carbonyl (C=O) groups is 1. The quantitative estimate of drug-likeness (QED) is 0.709. The lowest BCUT2D eigenvalue weighted by molar-refractivity contribution is 0.102. The van der Waals surface area contributed by atoms with Crippen molar-refractivity contribution >= 4 is 17.5 Å². The summed E-state index contributed by atoms with van der Waals surface area (Å²) in [5, 5.41) is 13.8. The van der Waals surface area contributed by atoms with E-state index in [1.807, 2.05) is 25.1 Å². The second kappa shape index (κ2) is 8.20. The highest BCUT2D eigenvalue weighted by Gasteiger charge is 2.07. The highest BCUT2D eigenvalue weighted by molar-refractivity contribution is 6.03. The predicted octanol–water partition coefficient (Wildman–Crippen LogP) is 3.83. The van der Waals surface area contributed by atoms with Crippen molar-refractivity contribution in [2.75, 3.05) is 17.2 Å². The SMILES string of the molecule is Cc1cccc(C(=O)Nc2ccc(NCCc3ccccc3F)nn2)c1. The second-order valence-corrected chi connectivity index (χ2v) is 5.90. The summed E-state index contributed by atoms with van der Waals surface area (Å²) in [4.78, 5) is 12.2. The number of rotatable bonds is 6. The molecule has 2 N–H and O–H groups in total. The molecule has 1 heterocycles. The third kappa shape index (κ3) is 4.63. The molecular weight excluding hydrogens is 331 g/mol. The number of aryl methyl sites for hydroxylation is 1. The summed E-state index contributed by atoms with van der Waals surface area (Å²) in [6.45, 7) is 2.46. The highest BCUT2D eigenvalue weighted by atomic mass is 19.1. The summed E-state index contributed by atoms with van der Waals surface area (Å²) in [5.74, 6) is 0.490. The molecule has 5 nitrogen and oxygen atoms in total. The molecule has 0 bridgehead atoms. The summed E-state index contributed by atoms with van der Waals surface area (Å²) in [6, 6.07) is 17.4. The van der Waals surface area contributed by atoms with Crippen molar-refractivity contribution in [3.63, 3.8) is 0 Å². The average molecular weight is 350 g/mol. The van der Waals surface area contributed by atoms with Crippen LogP contribution in [0.5, 0.6) is 0 Å². The molecule has 0 aliphatic carbocycles. The molecule has 1 amide bonds. The number of amides is 1. The molecule has 0 aliphatic heterocycles. The van der Waals surface area contributed by atoms with E-state index >= 15 is 0 Å². The van der Waals surface area contributed by atoms with E-state index in [0.717, 1.165) is 5.56 Å². The van der Waals surface area contributed by atoms with Crippen LogP contribution in [0.15, 0.2) is 60.7 Å². The molecule has 132 valence electrons. The van der Waals surface area contributed by atoms with E-state index < -0.39 is 0 Å². The van der Waals surface area contributed by atoms with E-state index in [1.165, 1.54) is 6.07 Å². The monoisotopic (exact) mass is 350 g/mol. The van der Waals surface area contributed by atoms with Gasteiger partial charge in [-0.05, 0) is 49.2 Å². The molecule has 2 aromatic carbocycles. The van der Waals surface area contributed by atoms with Crippen molar-refractivity contribution in [1.29, 1.82) is 0 Å². The third-order valence-corrected chi connectivity index (χ3v) is 3.84. The fraction of sp³-hybridized carbons (Fsp3) is 0.150. The first kappa shape index (κ1) is 17.5. The van der Waals surface area contributed by atoms with Crippen LogP contribution in [0.3, 0.4) is 0 Å². The number of benzene rings is 2. The van der Waals surface area contributed by atoms with Gasteiger partial charge in [-0.15, -0.1) is 10.2 Å². The second-order valence-electron chi connectivity index (χ2n) is 5.90. The van der Waals surface area contributed by atoms with Gasteiger partial charge in [0.1, 0.15) is 11.6 Å². The van der Waals surface area contributed by atoms with Gasteiger partial charge in [0.05, 0.1) is 0 Å². The number of hydrogen-bond donors (Lipinski definition) is 2. The molecule has 26 heavy (non-hydrogen) atoms. The van der Waals surface area contributed by atoms with Crippen molar-refractivity contribution in [1.82, 2.24) is 10.2 Å². The van der Waals surface area contributed by atoms with Gasteiger partial charge in [0.25, 0.3) is 5.91 Å². The van der Waals surface area contributed by atoms with Crippen LogP contribution in [0.1, 0.15) is 21.5 Å². The average Bonchev–Trinajstić information content (AvgIpc) is 2.65. The molecule has 3 rings (SSSR count). The molecule has 0 unspecified atom stereocenters. The Kier molecular flexibility index (Phi) is 5.53. The van der Waals surface area contributed by atoms with Crippen molar-refractivity contribution in [3.05, 3.63) is 83.2 Å². The lowest BCUT2D eigenvalue weighted by Crippen LogP contribution is -2.14. The number of carbonyl (C=O) groups excluding carboxylic acids is 1. The fourth-order valence-corrected chi connectivity index (χ4v) is 2.49. The lowest BCUT2D eigenvalue weighted by atomic mass is 10.1. The molecule has 0 saturated carbocycles. The Hall–Kier alpha value is -3.28. The maximum absolute atomic E-state index is 13.6. The zero-order valence-electron chi connectivity index (χ0n) is 14.4. The molecule has 1 aromatic heterocycles.